The molecule has 1 aromatic carbocycles. The molecule has 5 heteroatoms. The summed E-state index contributed by atoms with van der Waals surface area (Å²) in [6, 6.07) is 5.93. The van der Waals surface area contributed by atoms with Crippen LogP contribution in [0.1, 0.15) is 12.5 Å². The monoisotopic (exact) mass is 266 g/mol. The first-order valence-electron chi connectivity index (χ1n) is 6.41. The minimum Gasteiger partial charge on any atom is -0.384 e. The number of aliphatic hydroxyl groups is 1. The number of hydrogen-bond donors (Lipinski definition) is 1. The van der Waals surface area contributed by atoms with Gasteiger partial charge in [-0.25, -0.2) is 4.39 Å². The molecule has 1 atom stereocenters. The quantitative estimate of drug-likeness (QED) is 0.820. The van der Waals surface area contributed by atoms with E-state index in [1.807, 2.05) is 0 Å². The lowest BCUT2D eigenvalue weighted by Crippen LogP contribution is -2.49. The molecule has 0 spiro atoms. The van der Waals surface area contributed by atoms with Crippen molar-refractivity contribution in [3.8, 4) is 0 Å². The Morgan fingerprint density at radius 1 is 1.26 bits per heavy atom. The van der Waals surface area contributed by atoms with E-state index in [4.69, 9.17) is 0 Å². The molecule has 1 N–H and O–H groups in total. The minimum atomic E-state index is -1.02. The standard InChI is InChI=1S/C14H19FN2O2/c1-14(19,12-2-4-13(15)5-3-12)10-16-6-8-17(11-18)9-7-16/h2-5,11,19H,6-10H2,1H3. The average Bonchev–Trinajstić information content (AvgIpc) is 2.40. The summed E-state index contributed by atoms with van der Waals surface area (Å²) in [6.07, 6.45) is 0.857. The second-order valence-corrected chi connectivity index (χ2v) is 5.20. The zero-order valence-corrected chi connectivity index (χ0v) is 11.1. The largest absolute Gasteiger partial charge is 0.384 e. The van der Waals surface area contributed by atoms with E-state index in [9.17, 15) is 14.3 Å². The number of carbonyl (C=O) groups excluding carboxylic acids is 1. The molecule has 0 bridgehead atoms. The van der Waals surface area contributed by atoms with E-state index in [1.54, 1.807) is 24.0 Å². The summed E-state index contributed by atoms with van der Waals surface area (Å²) in [5.41, 5.74) is -0.316. The summed E-state index contributed by atoms with van der Waals surface area (Å²) in [7, 11) is 0. The number of amides is 1. The van der Waals surface area contributed by atoms with E-state index in [-0.39, 0.29) is 5.82 Å². The predicted octanol–water partition coefficient (Wildman–Crippen LogP) is 0.807. The van der Waals surface area contributed by atoms with Crippen molar-refractivity contribution < 1.29 is 14.3 Å². The second-order valence-electron chi connectivity index (χ2n) is 5.20. The molecule has 104 valence electrons. The minimum absolute atomic E-state index is 0.306. The molecule has 4 nitrogen and oxygen atoms in total. The van der Waals surface area contributed by atoms with Gasteiger partial charge in [-0.15, -0.1) is 0 Å². The molecule has 19 heavy (non-hydrogen) atoms. The lowest BCUT2D eigenvalue weighted by Gasteiger charge is -2.37. The number of carbonyl (C=O) groups is 1. The molecule has 1 aliphatic heterocycles. The summed E-state index contributed by atoms with van der Waals surface area (Å²) < 4.78 is 12.9. The number of piperazine rings is 1. The van der Waals surface area contributed by atoms with Gasteiger partial charge in [0.05, 0.1) is 5.60 Å². The Morgan fingerprint density at radius 3 is 2.37 bits per heavy atom. The van der Waals surface area contributed by atoms with Gasteiger partial charge in [0.25, 0.3) is 0 Å². The number of halogens is 1. The average molecular weight is 266 g/mol. The van der Waals surface area contributed by atoms with E-state index in [0.717, 1.165) is 19.5 Å². The molecule has 1 heterocycles. The van der Waals surface area contributed by atoms with Gasteiger partial charge in [-0.2, -0.15) is 0 Å². The fraction of sp³-hybridized carbons (Fsp3) is 0.500. The number of hydrogen-bond acceptors (Lipinski definition) is 3. The molecule has 0 radical (unpaired) electrons. The molecule has 1 aromatic rings. The van der Waals surface area contributed by atoms with E-state index in [2.05, 4.69) is 4.90 Å². The van der Waals surface area contributed by atoms with Crippen LogP contribution in [0.4, 0.5) is 4.39 Å². The maximum Gasteiger partial charge on any atom is 0.209 e. The SMILES string of the molecule is CC(O)(CN1CCN(C=O)CC1)c1ccc(F)cc1. The molecule has 0 aromatic heterocycles. The highest BCUT2D eigenvalue weighted by Crippen LogP contribution is 2.22. The second kappa shape index (κ2) is 5.67. The van der Waals surface area contributed by atoms with Crippen LogP contribution >= 0.6 is 0 Å². The first-order valence-corrected chi connectivity index (χ1v) is 6.41. The van der Waals surface area contributed by atoms with Gasteiger partial charge in [-0.3, -0.25) is 9.69 Å². The molecule has 1 amide bonds. The highest BCUT2D eigenvalue weighted by Gasteiger charge is 2.28. The molecule has 0 aliphatic carbocycles. The normalized spacial score (nSPS) is 20.1. The molecule has 1 fully saturated rings. The Morgan fingerprint density at radius 2 is 1.84 bits per heavy atom. The molecule has 1 unspecified atom stereocenters. The number of benzene rings is 1. The van der Waals surface area contributed by atoms with Gasteiger partial charge in [0.15, 0.2) is 0 Å². The van der Waals surface area contributed by atoms with Crippen molar-refractivity contribution in [2.24, 2.45) is 0 Å². The van der Waals surface area contributed by atoms with Crippen molar-refractivity contribution in [3.63, 3.8) is 0 Å². The molecule has 1 saturated heterocycles. The maximum absolute atomic E-state index is 12.9. The zero-order chi connectivity index (χ0) is 13.9. The molecular formula is C14H19FN2O2. The van der Waals surface area contributed by atoms with Gasteiger partial charge in [0.1, 0.15) is 5.82 Å². The highest BCUT2D eigenvalue weighted by atomic mass is 19.1. The third-order valence-corrected chi connectivity index (χ3v) is 3.55. The summed E-state index contributed by atoms with van der Waals surface area (Å²) in [4.78, 5) is 14.5. The van der Waals surface area contributed by atoms with Crippen molar-refractivity contribution >= 4 is 6.41 Å². The lowest BCUT2D eigenvalue weighted by atomic mass is 9.95. The van der Waals surface area contributed by atoms with Crippen LogP contribution in [0.15, 0.2) is 24.3 Å². The van der Waals surface area contributed by atoms with Crippen LogP contribution in [0.3, 0.4) is 0 Å². The summed E-state index contributed by atoms with van der Waals surface area (Å²) in [5.74, 6) is -0.306. The van der Waals surface area contributed by atoms with E-state index in [1.165, 1.54) is 12.1 Å². The summed E-state index contributed by atoms with van der Waals surface area (Å²) >= 11 is 0. The van der Waals surface area contributed by atoms with Crippen molar-refractivity contribution in [2.75, 3.05) is 32.7 Å². The Hall–Kier alpha value is -1.46. The Labute approximate surface area is 112 Å². The summed E-state index contributed by atoms with van der Waals surface area (Å²) in [6.45, 7) is 5.07. The van der Waals surface area contributed by atoms with Crippen LogP contribution in [-0.4, -0.2) is 54.0 Å². The van der Waals surface area contributed by atoms with E-state index >= 15 is 0 Å². The van der Waals surface area contributed by atoms with Gasteiger partial charge in [-0.1, -0.05) is 12.1 Å². The van der Waals surface area contributed by atoms with Crippen LogP contribution < -0.4 is 0 Å². The van der Waals surface area contributed by atoms with Gasteiger partial charge < -0.3 is 10.0 Å². The molecule has 1 aliphatic rings. The van der Waals surface area contributed by atoms with Crippen LogP contribution in [0.5, 0.6) is 0 Å². The topological polar surface area (TPSA) is 43.8 Å². The maximum atomic E-state index is 12.9. The fourth-order valence-electron chi connectivity index (χ4n) is 2.36. The number of β-amino-alcohol motifs (C(OH)–C–C–N with tert-alkyl or cyclic N) is 1. The predicted molar refractivity (Wildman–Crippen MR) is 70.0 cm³/mol. The van der Waals surface area contributed by atoms with Crippen LogP contribution in [0, 0.1) is 5.82 Å². The number of nitrogens with zero attached hydrogens (tertiary/aromatic N) is 2. The highest BCUT2D eigenvalue weighted by molar-refractivity contribution is 5.47. The fourth-order valence-corrected chi connectivity index (χ4v) is 2.36. The first kappa shape index (κ1) is 14.0. The van der Waals surface area contributed by atoms with Gasteiger partial charge >= 0.3 is 0 Å². The van der Waals surface area contributed by atoms with Gasteiger partial charge in [-0.05, 0) is 24.6 Å². The Kier molecular flexibility index (Phi) is 4.17. The van der Waals surface area contributed by atoms with Gasteiger partial charge in [0, 0.05) is 32.7 Å². The Bertz CT molecular complexity index is 426. The smallest absolute Gasteiger partial charge is 0.209 e. The van der Waals surface area contributed by atoms with Crippen molar-refractivity contribution in [1.82, 2.24) is 9.80 Å². The molecular weight excluding hydrogens is 247 g/mol. The third-order valence-electron chi connectivity index (χ3n) is 3.55. The Balaban J connectivity index is 1.97. The van der Waals surface area contributed by atoms with Crippen LogP contribution in [0.25, 0.3) is 0 Å². The lowest BCUT2D eigenvalue weighted by molar-refractivity contribution is -0.120. The van der Waals surface area contributed by atoms with E-state index in [0.29, 0.717) is 25.2 Å². The van der Waals surface area contributed by atoms with Gasteiger partial charge in [0.2, 0.25) is 6.41 Å². The van der Waals surface area contributed by atoms with Crippen LogP contribution in [0.2, 0.25) is 0 Å². The number of rotatable bonds is 4. The van der Waals surface area contributed by atoms with Crippen molar-refractivity contribution in [1.29, 1.82) is 0 Å². The molecule has 0 saturated carbocycles. The summed E-state index contributed by atoms with van der Waals surface area (Å²) in [5, 5.41) is 10.5. The zero-order valence-electron chi connectivity index (χ0n) is 11.1. The van der Waals surface area contributed by atoms with Crippen LogP contribution in [-0.2, 0) is 10.4 Å². The van der Waals surface area contributed by atoms with Crippen molar-refractivity contribution in [3.05, 3.63) is 35.6 Å². The van der Waals surface area contributed by atoms with Crippen molar-refractivity contribution in [2.45, 2.75) is 12.5 Å². The van der Waals surface area contributed by atoms with E-state index < -0.39 is 5.60 Å². The molecule has 2 rings (SSSR count). The first-order chi connectivity index (χ1) is 9.01. The third kappa shape index (κ3) is 3.52.